The zero-order valence-electron chi connectivity index (χ0n) is 12.9. The van der Waals surface area contributed by atoms with Crippen molar-refractivity contribution >= 4 is 22.5 Å². The molecule has 0 bridgehead atoms. The van der Waals surface area contributed by atoms with E-state index in [1.165, 1.54) is 10.5 Å². The molecule has 7 nitrogen and oxygen atoms in total. The number of hydrogen-bond donors (Lipinski definition) is 1. The van der Waals surface area contributed by atoms with Gasteiger partial charge in [0.15, 0.2) is 0 Å². The first kappa shape index (κ1) is 14.9. The van der Waals surface area contributed by atoms with Crippen molar-refractivity contribution in [3.63, 3.8) is 0 Å². The van der Waals surface area contributed by atoms with Gasteiger partial charge >= 0.3 is 0 Å². The van der Waals surface area contributed by atoms with Crippen LogP contribution in [-0.4, -0.2) is 23.1 Å². The van der Waals surface area contributed by atoms with Gasteiger partial charge < -0.3 is 10.5 Å². The normalized spacial score (nSPS) is 11.0. The van der Waals surface area contributed by atoms with Crippen LogP contribution in [0.3, 0.4) is 0 Å². The first-order valence-corrected chi connectivity index (χ1v) is 7.11. The molecule has 0 amide bonds. The van der Waals surface area contributed by atoms with Gasteiger partial charge in [0.2, 0.25) is 11.5 Å². The lowest BCUT2D eigenvalue weighted by Crippen LogP contribution is -2.42. The van der Waals surface area contributed by atoms with Crippen molar-refractivity contribution in [1.29, 1.82) is 5.26 Å². The molecule has 3 rings (SSSR count). The molecule has 0 fully saturated rings. The Balaban J connectivity index is 2.47. The molecule has 2 N–H and O–H groups in total. The maximum Gasteiger partial charge on any atom is 0.278 e. The van der Waals surface area contributed by atoms with E-state index in [1.807, 2.05) is 19.1 Å². The summed E-state index contributed by atoms with van der Waals surface area (Å²) in [6.07, 6.45) is 1.73. The molecule has 0 atom stereocenters. The van der Waals surface area contributed by atoms with Crippen LogP contribution in [0.1, 0.15) is 11.1 Å². The number of anilines is 1. The molecule has 0 radical (unpaired) electrons. The van der Waals surface area contributed by atoms with E-state index in [-0.39, 0.29) is 16.9 Å². The third-order valence-electron chi connectivity index (χ3n) is 3.74. The number of hydrogen-bond acceptors (Lipinski definition) is 5. The van der Waals surface area contributed by atoms with E-state index in [1.54, 1.807) is 23.9 Å². The first-order chi connectivity index (χ1) is 11.1. The summed E-state index contributed by atoms with van der Waals surface area (Å²) in [4.78, 5) is 17.3. The first-order valence-electron chi connectivity index (χ1n) is 7.11. The number of fused-ring (bicyclic) bond motifs is 2. The predicted molar refractivity (Wildman–Crippen MR) is 84.9 cm³/mol. The number of methoxy groups -OCH3 is 1. The highest BCUT2D eigenvalue weighted by atomic mass is 16.5. The quantitative estimate of drug-likeness (QED) is 0.562. The standard InChI is InChI=1S/C16H15N5O2/c1-10-3-4-13-19-15-12(16(22)21(13)9-10)7-11(8-17)14(18)20(15)5-6-23-2/h3-4,7,9,18H,5-6H2,1-2H3/p+1. The second-order valence-electron chi connectivity index (χ2n) is 5.29. The van der Waals surface area contributed by atoms with E-state index >= 15 is 0 Å². The summed E-state index contributed by atoms with van der Waals surface area (Å²) in [5.74, 6) is 0.278. The molecule has 0 unspecified atom stereocenters. The molecule has 0 aliphatic rings. The van der Waals surface area contributed by atoms with Crippen LogP contribution in [0.4, 0.5) is 5.82 Å². The van der Waals surface area contributed by atoms with E-state index in [9.17, 15) is 10.1 Å². The van der Waals surface area contributed by atoms with Crippen molar-refractivity contribution in [2.75, 3.05) is 19.5 Å². The second-order valence-corrected chi connectivity index (χ2v) is 5.29. The van der Waals surface area contributed by atoms with Gasteiger partial charge in [-0.2, -0.15) is 5.26 Å². The molecule has 7 heteroatoms. The number of pyridine rings is 2. The number of nitrogen functional groups attached to an aromatic ring is 1. The van der Waals surface area contributed by atoms with Crippen molar-refractivity contribution in [3.05, 3.63) is 45.9 Å². The average Bonchev–Trinajstić information content (AvgIpc) is 2.55. The molecule has 3 aromatic heterocycles. The minimum atomic E-state index is -0.226. The van der Waals surface area contributed by atoms with Crippen LogP contribution in [0.15, 0.2) is 29.2 Å². The summed E-state index contributed by atoms with van der Waals surface area (Å²) in [5.41, 5.74) is 8.01. The van der Waals surface area contributed by atoms with Crippen molar-refractivity contribution in [3.8, 4) is 6.07 Å². The summed E-state index contributed by atoms with van der Waals surface area (Å²) in [6, 6.07) is 7.20. The molecule has 3 aromatic rings. The summed E-state index contributed by atoms with van der Waals surface area (Å²) in [7, 11) is 1.58. The highest BCUT2D eigenvalue weighted by Gasteiger charge is 2.20. The summed E-state index contributed by atoms with van der Waals surface area (Å²) in [6.45, 7) is 2.70. The number of nitriles is 1. The molecule has 0 aliphatic heterocycles. The Kier molecular flexibility index (Phi) is 3.68. The fourth-order valence-corrected chi connectivity index (χ4v) is 2.56. The zero-order valence-corrected chi connectivity index (χ0v) is 12.9. The van der Waals surface area contributed by atoms with Crippen molar-refractivity contribution in [2.45, 2.75) is 13.5 Å². The lowest BCUT2D eigenvalue weighted by atomic mass is 10.2. The minimum absolute atomic E-state index is 0.226. The van der Waals surface area contributed by atoms with Crippen LogP contribution in [-0.2, 0) is 11.3 Å². The highest BCUT2D eigenvalue weighted by molar-refractivity contribution is 5.76. The van der Waals surface area contributed by atoms with Gasteiger partial charge in [0.1, 0.15) is 17.0 Å². The third-order valence-corrected chi connectivity index (χ3v) is 3.74. The van der Waals surface area contributed by atoms with Gasteiger partial charge in [0, 0.05) is 13.3 Å². The Bertz CT molecular complexity index is 1020. The Morgan fingerprint density at radius 2 is 2.26 bits per heavy atom. The molecular weight excluding hydrogens is 294 g/mol. The van der Waals surface area contributed by atoms with E-state index in [0.29, 0.717) is 29.8 Å². The third kappa shape index (κ3) is 2.39. The number of rotatable bonds is 3. The SMILES string of the molecule is COCC[n+]1c(N)c(C#N)cc2c(=O)n3cc(C)ccc3nc21. The van der Waals surface area contributed by atoms with Crippen molar-refractivity contribution in [2.24, 2.45) is 0 Å². The van der Waals surface area contributed by atoms with Crippen LogP contribution in [0.5, 0.6) is 0 Å². The van der Waals surface area contributed by atoms with E-state index in [0.717, 1.165) is 5.56 Å². The molecular formula is C16H16N5O2+. The fraction of sp³-hybridized carbons (Fsp3) is 0.250. The van der Waals surface area contributed by atoms with Crippen LogP contribution < -0.4 is 15.9 Å². The summed E-state index contributed by atoms with van der Waals surface area (Å²) >= 11 is 0. The summed E-state index contributed by atoms with van der Waals surface area (Å²) in [5, 5.41) is 9.63. The molecule has 0 aromatic carbocycles. The Morgan fingerprint density at radius 3 is 2.96 bits per heavy atom. The van der Waals surface area contributed by atoms with Gasteiger partial charge in [-0.25, -0.2) is 4.57 Å². The number of nitrogens with two attached hydrogens (primary N) is 1. The van der Waals surface area contributed by atoms with E-state index < -0.39 is 0 Å². The van der Waals surface area contributed by atoms with Gasteiger partial charge in [0.25, 0.3) is 11.2 Å². The van der Waals surface area contributed by atoms with Crippen LogP contribution in [0, 0.1) is 18.3 Å². The zero-order chi connectivity index (χ0) is 16.6. The molecule has 0 saturated heterocycles. The van der Waals surface area contributed by atoms with E-state index in [4.69, 9.17) is 10.5 Å². The van der Waals surface area contributed by atoms with Gasteiger partial charge in [-0.05, 0) is 24.6 Å². The maximum absolute atomic E-state index is 12.8. The number of aryl methyl sites for hydroxylation is 1. The maximum atomic E-state index is 12.8. The molecule has 116 valence electrons. The number of ether oxygens (including phenoxy) is 1. The summed E-state index contributed by atoms with van der Waals surface area (Å²) < 4.78 is 8.22. The van der Waals surface area contributed by atoms with Crippen molar-refractivity contribution in [1.82, 2.24) is 9.38 Å². The van der Waals surface area contributed by atoms with Gasteiger partial charge in [-0.3, -0.25) is 9.20 Å². The number of nitrogens with zero attached hydrogens (tertiary/aromatic N) is 4. The van der Waals surface area contributed by atoms with Crippen LogP contribution in [0.25, 0.3) is 16.7 Å². The number of aromatic nitrogens is 3. The van der Waals surface area contributed by atoms with Crippen LogP contribution >= 0.6 is 0 Å². The van der Waals surface area contributed by atoms with Gasteiger partial charge in [-0.15, -0.1) is 0 Å². The lowest BCUT2D eigenvalue weighted by Gasteiger charge is -2.09. The smallest absolute Gasteiger partial charge is 0.278 e. The molecule has 0 aliphatic carbocycles. The monoisotopic (exact) mass is 310 g/mol. The van der Waals surface area contributed by atoms with Gasteiger partial charge in [0.05, 0.1) is 13.2 Å². The van der Waals surface area contributed by atoms with Gasteiger partial charge in [-0.1, -0.05) is 11.1 Å². The Morgan fingerprint density at radius 1 is 1.48 bits per heavy atom. The second kappa shape index (κ2) is 5.66. The topological polar surface area (TPSA) is 97.3 Å². The fourth-order valence-electron chi connectivity index (χ4n) is 2.56. The molecule has 3 heterocycles. The molecule has 23 heavy (non-hydrogen) atoms. The minimum Gasteiger partial charge on any atom is -0.381 e. The average molecular weight is 310 g/mol. The Hall–Kier alpha value is -2.98. The lowest BCUT2D eigenvalue weighted by molar-refractivity contribution is -0.660. The van der Waals surface area contributed by atoms with Crippen molar-refractivity contribution < 1.29 is 9.30 Å². The predicted octanol–water partition coefficient (Wildman–Crippen LogP) is 0.544. The van der Waals surface area contributed by atoms with E-state index in [2.05, 4.69) is 4.98 Å². The highest BCUT2D eigenvalue weighted by Crippen LogP contribution is 2.13. The molecule has 0 spiro atoms. The Labute approximate surface area is 132 Å². The molecule has 0 saturated carbocycles. The largest absolute Gasteiger partial charge is 0.381 e. The van der Waals surface area contributed by atoms with Crippen LogP contribution in [0.2, 0.25) is 0 Å².